The highest BCUT2D eigenvalue weighted by molar-refractivity contribution is 6.12. The van der Waals surface area contributed by atoms with Gasteiger partial charge in [-0.05, 0) is 68.3 Å². The Morgan fingerprint density at radius 3 is 2.14 bits per heavy atom. The number of hydrogen-bond donors (Lipinski definition) is 0. The van der Waals surface area contributed by atoms with Crippen LogP contribution in [0.4, 0.5) is 11.4 Å². The SMILES string of the molecule is Cc1ccc(N2C(=O)c3ccccc3N(Cc3ccccc3)[C@H]2c2ccc(OC(C)C)cc2)cc1. The van der Waals surface area contributed by atoms with Gasteiger partial charge in [0.25, 0.3) is 5.91 Å². The van der Waals surface area contributed by atoms with Gasteiger partial charge in [0.15, 0.2) is 0 Å². The van der Waals surface area contributed by atoms with Gasteiger partial charge >= 0.3 is 0 Å². The topological polar surface area (TPSA) is 32.8 Å². The molecule has 0 unspecified atom stereocenters. The van der Waals surface area contributed by atoms with E-state index in [1.807, 2.05) is 73.3 Å². The van der Waals surface area contributed by atoms with E-state index >= 15 is 0 Å². The minimum Gasteiger partial charge on any atom is -0.491 e. The molecule has 0 fully saturated rings. The average molecular weight is 463 g/mol. The second kappa shape index (κ2) is 9.67. The van der Waals surface area contributed by atoms with Crippen LogP contribution in [-0.2, 0) is 6.54 Å². The second-order valence-corrected chi connectivity index (χ2v) is 9.25. The fraction of sp³-hybridized carbons (Fsp3) is 0.194. The third kappa shape index (κ3) is 4.65. The molecule has 0 aliphatic carbocycles. The molecule has 1 aliphatic heterocycles. The summed E-state index contributed by atoms with van der Waals surface area (Å²) in [6.45, 7) is 6.77. The van der Waals surface area contributed by atoms with Crippen molar-refractivity contribution >= 4 is 17.3 Å². The molecule has 1 heterocycles. The van der Waals surface area contributed by atoms with Crippen molar-refractivity contribution in [3.63, 3.8) is 0 Å². The third-order valence-corrected chi connectivity index (χ3v) is 6.26. The van der Waals surface area contributed by atoms with Crippen molar-refractivity contribution in [2.24, 2.45) is 0 Å². The summed E-state index contributed by atoms with van der Waals surface area (Å²) in [5.74, 6) is 0.823. The van der Waals surface area contributed by atoms with E-state index in [0.717, 1.165) is 28.3 Å². The standard InChI is InChI=1S/C31H30N2O2/c1-22(2)35-27-19-15-25(16-20-27)30-32(21-24-9-5-4-6-10-24)29-12-8-7-11-28(29)31(34)33(30)26-17-13-23(3)14-18-26/h4-20,22,30H,21H2,1-3H3/t30-/m1/s1. The van der Waals surface area contributed by atoms with Crippen LogP contribution in [-0.4, -0.2) is 12.0 Å². The molecule has 1 amide bonds. The summed E-state index contributed by atoms with van der Waals surface area (Å²) in [7, 11) is 0. The smallest absolute Gasteiger partial charge is 0.262 e. The summed E-state index contributed by atoms with van der Waals surface area (Å²) < 4.78 is 5.89. The lowest BCUT2D eigenvalue weighted by Crippen LogP contribution is -2.49. The van der Waals surface area contributed by atoms with E-state index in [4.69, 9.17) is 4.74 Å². The summed E-state index contributed by atoms with van der Waals surface area (Å²) in [6.07, 6.45) is -0.212. The zero-order valence-electron chi connectivity index (χ0n) is 20.4. The van der Waals surface area contributed by atoms with Crippen LogP contribution in [0.2, 0.25) is 0 Å². The molecule has 0 aromatic heterocycles. The van der Waals surface area contributed by atoms with E-state index in [-0.39, 0.29) is 18.2 Å². The van der Waals surface area contributed by atoms with Crippen LogP contribution >= 0.6 is 0 Å². The van der Waals surface area contributed by atoms with Gasteiger partial charge in [-0.1, -0.05) is 72.3 Å². The lowest BCUT2D eigenvalue weighted by atomic mass is 9.99. The number of rotatable bonds is 6. The van der Waals surface area contributed by atoms with Gasteiger partial charge in [0, 0.05) is 12.2 Å². The lowest BCUT2D eigenvalue weighted by Gasteiger charge is -2.46. The summed E-state index contributed by atoms with van der Waals surface area (Å²) in [5, 5.41) is 0. The number of aryl methyl sites for hydroxylation is 1. The van der Waals surface area contributed by atoms with Crippen molar-refractivity contribution in [2.45, 2.75) is 39.6 Å². The van der Waals surface area contributed by atoms with Crippen molar-refractivity contribution in [3.05, 3.63) is 125 Å². The highest BCUT2D eigenvalue weighted by Crippen LogP contribution is 2.42. The van der Waals surface area contributed by atoms with E-state index in [0.29, 0.717) is 12.1 Å². The monoisotopic (exact) mass is 462 g/mol. The Morgan fingerprint density at radius 1 is 0.800 bits per heavy atom. The van der Waals surface area contributed by atoms with Gasteiger partial charge in [0.05, 0.1) is 17.4 Å². The molecule has 35 heavy (non-hydrogen) atoms. The molecule has 4 heteroatoms. The number of hydrogen-bond acceptors (Lipinski definition) is 3. The third-order valence-electron chi connectivity index (χ3n) is 6.26. The molecule has 0 saturated heterocycles. The Balaban J connectivity index is 1.67. The first-order valence-electron chi connectivity index (χ1n) is 12.1. The fourth-order valence-corrected chi connectivity index (χ4v) is 4.65. The van der Waals surface area contributed by atoms with Crippen LogP contribution in [0.1, 0.15) is 47.1 Å². The minimum atomic E-state index is -0.312. The molecule has 4 aromatic rings. The molecule has 0 radical (unpaired) electrons. The van der Waals surface area contributed by atoms with Gasteiger partial charge in [0.2, 0.25) is 0 Å². The van der Waals surface area contributed by atoms with E-state index in [1.54, 1.807) is 0 Å². The highest BCUT2D eigenvalue weighted by Gasteiger charge is 2.39. The molecule has 0 saturated carbocycles. The fourth-order valence-electron chi connectivity index (χ4n) is 4.65. The number of amides is 1. The number of ether oxygens (including phenoxy) is 1. The molecular weight excluding hydrogens is 432 g/mol. The number of nitrogens with zero attached hydrogens (tertiary/aromatic N) is 2. The number of carbonyl (C=O) groups is 1. The van der Waals surface area contributed by atoms with Crippen LogP contribution < -0.4 is 14.5 Å². The van der Waals surface area contributed by atoms with Crippen molar-refractivity contribution in [2.75, 3.05) is 9.80 Å². The summed E-state index contributed by atoms with van der Waals surface area (Å²) >= 11 is 0. The molecule has 1 aliphatic rings. The summed E-state index contributed by atoms with van der Waals surface area (Å²) in [4.78, 5) is 18.2. The van der Waals surface area contributed by atoms with Gasteiger partial charge in [-0.3, -0.25) is 9.69 Å². The molecule has 0 spiro atoms. The maximum Gasteiger partial charge on any atom is 0.262 e. The van der Waals surface area contributed by atoms with Gasteiger partial charge < -0.3 is 9.64 Å². The normalized spacial score (nSPS) is 15.3. The molecule has 5 rings (SSSR count). The van der Waals surface area contributed by atoms with E-state index in [1.165, 1.54) is 5.56 Å². The van der Waals surface area contributed by atoms with Crippen molar-refractivity contribution in [1.82, 2.24) is 0 Å². The Bertz CT molecular complexity index is 1300. The van der Waals surface area contributed by atoms with E-state index in [2.05, 4.69) is 60.4 Å². The molecule has 4 nitrogen and oxygen atoms in total. The number of fused-ring (bicyclic) bond motifs is 1. The summed E-state index contributed by atoms with van der Waals surface area (Å²) in [5.41, 5.74) is 5.90. The van der Waals surface area contributed by atoms with Crippen molar-refractivity contribution in [3.8, 4) is 5.75 Å². The zero-order valence-corrected chi connectivity index (χ0v) is 20.4. The minimum absolute atomic E-state index is 0.00118. The molecular formula is C31H30N2O2. The summed E-state index contributed by atoms with van der Waals surface area (Å²) in [6, 6.07) is 34.6. The number of carbonyl (C=O) groups excluding carboxylic acids is 1. The molecule has 0 N–H and O–H groups in total. The number of anilines is 2. The molecule has 0 bridgehead atoms. The van der Waals surface area contributed by atoms with Gasteiger partial charge in [-0.2, -0.15) is 0 Å². The average Bonchev–Trinajstić information content (AvgIpc) is 2.87. The Labute approximate surface area is 207 Å². The van der Waals surface area contributed by atoms with Crippen molar-refractivity contribution in [1.29, 1.82) is 0 Å². The van der Waals surface area contributed by atoms with E-state index in [9.17, 15) is 4.79 Å². The van der Waals surface area contributed by atoms with Crippen LogP contribution in [0.15, 0.2) is 103 Å². The second-order valence-electron chi connectivity index (χ2n) is 9.25. The van der Waals surface area contributed by atoms with Gasteiger partial charge in [0.1, 0.15) is 11.9 Å². The maximum absolute atomic E-state index is 14.0. The molecule has 4 aromatic carbocycles. The number of para-hydroxylation sites is 1. The van der Waals surface area contributed by atoms with Gasteiger partial charge in [-0.25, -0.2) is 0 Å². The highest BCUT2D eigenvalue weighted by atomic mass is 16.5. The van der Waals surface area contributed by atoms with Crippen LogP contribution in [0.5, 0.6) is 5.75 Å². The lowest BCUT2D eigenvalue weighted by molar-refractivity contribution is 0.0968. The Morgan fingerprint density at radius 2 is 1.46 bits per heavy atom. The first-order valence-corrected chi connectivity index (χ1v) is 12.1. The zero-order chi connectivity index (χ0) is 24.4. The predicted molar refractivity (Wildman–Crippen MR) is 142 cm³/mol. The first kappa shape index (κ1) is 22.7. The first-order chi connectivity index (χ1) is 17.0. The Kier molecular flexibility index (Phi) is 6.28. The van der Waals surface area contributed by atoms with Gasteiger partial charge in [-0.15, -0.1) is 0 Å². The Hall–Kier alpha value is -4.05. The van der Waals surface area contributed by atoms with Crippen LogP contribution in [0.3, 0.4) is 0 Å². The quantitative estimate of drug-likeness (QED) is 0.305. The van der Waals surface area contributed by atoms with Crippen LogP contribution in [0.25, 0.3) is 0 Å². The molecule has 1 atom stereocenters. The molecule has 176 valence electrons. The predicted octanol–water partition coefficient (Wildman–Crippen LogP) is 7.15. The largest absolute Gasteiger partial charge is 0.491 e. The van der Waals surface area contributed by atoms with E-state index < -0.39 is 0 Å². The maximum atomic E-state index is 14.0. The van der Waals surface area contributed by atoms with Crippen molar-refractivity contribution < 1.29 is 9.53 Å². The van der Waals surface area contributed by atoms with Crippen LogP contribution in [0, 0.1) is 6.92 Å². The number of benzene rings is 4.